The molecule has 0 aromatic heterocycles. The zero-order valence-corrected chi connectivity index (χ0v) is 19.0. The third kappa shape index (κ3) is 7.03. The van der Waals surface area contributed by atoms with Crippen molar-refractivity contribution in [1.29, 1.82) is 0 Å². The van der Waals surface area contributed by atoms with E-state index < -0.39 is 0 Å². The number of hydrogen-bond donors (Lipinski definition) is 2. The molecule has 2 fully saturated rings. The van der Waals surface area contributed by atoms with E-state index in [-0.39, 0.29) is 24.0 Å². The fourth-order valence-corrected chi connectivity index (χ4v) is 3.14. The van der Waals surface area contributed by atoms with Crippen LogP contribution in [-0.4, -0.2) is 57.3 Å². The Kier molecular flexibility index (Phi) is 8.95. The van der Waals surface area contributed by atoms with E-state index in [4.69, 9.17) is 14.5 Å². The van der Waals surface area contributed by atoms with Crippen molar-refractivity contribution < 1.29 is 9.47 Å². The Morgan fingerprint density at radius 3 is 2.48 bits per heavy atom. The molecule has 7 heteroatoms. The average Bonchev–Trinajstić information content (AvgIpc) is 3.54. The Morgan fingerprint density at radius 2 is 1.89 bits per heavy atom. The lowest BCUT2D eigenvalue weighted by atomic mass is 10.3. The maximum Gasteiger partial charge on any atom is 0.195 e. The molecular formula is C20H33IN4O2. The Labute approximate surface area is 180 Å². The molecule has 0 aliphatic heterocycles. The summed E-state index contributed by atoms with van der Waals surface area (Å²) >= 11 is 0. The molecule has 2 aliphatic rings. The van der Waals surface area contributed by atoms with Gasteiger partial charge in [0.2, 0.25) is 0 Å². The molecule has 152 valence electrons. The molecule has 27 heavy (non-hydrogen) atoms. The molecule has 2 N–H and O–H groups in total. The van der Waals surface area contributed by atoms with Gasteiger partial charge in [-0.05, 0) is 50.7 Å². The Balaban J connectivity index is 0.00000261. The maximum absolute atomic E-state index is 5.38. The van der Waals surface area contributed by atoms with Crippen molar-refractivity contribution in [3.63, 3.8) is 0 Å². The zero-order chi connectivity index (χ0) is 18.4. The van der Waals surface area contributed by atoms with Crippen molar-refractivity contribution in [1.82, 2.24) is 10.2 Å². The summed E-state index contributed by atoms with van der Waals surface area (Å²) in [6.45, 7) is 6.03. The Morgan fingerprint density at radius 1 is 1.15 bits per heavy atom. The highest BCUT2D eigenvalue weighted by Crippen LogP contribution is 2.34. The lowest BCUT2D eigenvalue weighted by Crippen LogP contribution is -2.34. The van der Waals surface area contributed by atoms with Gasteiger partial charge in [0.05, 0.1) is 20.8 Å². The van der Waals surface area contributed by atoms with Crippen LogP contribution in [0, 0.1) is 5.92 Å². The summed E-state index contributed by atoms with van der Waals surface area (Å²) < 4.78 is 10.7. The molecule has 1 aromatic rings. The molecule has 0 heterocycles. The van der Waals surface area contributed by atoms with E-state index in [0.717, 1.165) is 49.0 Å². The summed E-state index contributed by atoms with van der Waals surface area (Å²) in [6.07, 6.45) is 5.55. The number of rotatable bonds is 10. The van der Waals surface area contributed by atoms with E-state index in [9.17, 15) is 0 Å². The molecule has 0 bridgehead atoms. The molecule has 0 atom stereocenters. The van der Waals surface area contributed by atoms with Crippen molar-refractivity contribution in [2.45, 2.75) is 38.6 Å². The summed E-state index contributed by atoms with van der Waals surface area (Å²) in [7, 11) is 3.29. The molecule has 1 aromatic carbocycles. The molecule has 3 rings (SSSR count). The van der Waals surface area contributed by atoms with Crippen molar-refractivity contribution >= 4 is 35.6 Å². The molecular weight excluding hydrogens is 455 g/mol. The lowest BCUT2D eigenvalue weighted by Gasteiger charge is -2.21. The number of anilines is 1. The second-order valence-corrected chi connectivity index (χ2v) is 7.12. The van der Waals surface area contributed by atoms with Gasteiger partial charge >= 0.3 is 0 Å². The minimum Gasteiger partial charge on any atom is -0.493 e. The maximum atomic E-state index is 5.38. The quantitative estimate of drug-likeness (QED) is 0.300. The van der Waals surface area contributed by atoms with Crippen LogP contribution in [0.3, 0.4) is 0 Å². The molecule has 0 spiro atoms. The molecule has 0 unspecified atom stereocenters. The second-order valence-electron chi connectivity index (χ2n) is 7.12. The smallest absolute Gasteiger partial charge is 0.195 e. The highest BCUT2D eigenvalue weighted by Gasteiger charge is 2.33. The summed E-state index contributed by atoms with van der Waals surface area (Å²) in [5.74, 6) is 3.18. The molecule has 0 amide bonds. The van der Waals surface area contributed by atoms with Crippen LogP contribution in [0.15, 0.2) is 23.2 Å². The van der Waals surface area contributed by atoms with Crippen LogP contribution in [0.25, 0.3) is 0 Å². The number of guanidine groups is 1. The first-order valence-electron chi connectivity index (χ1n) is 9.75. The van der Waals surface area contributed by atoms with Gasteiger partial charge in [-0.1, -0.05) is 0 Å². The van der Waals surface area contributed by atoms with Crippen molar-refractivity contribution in [3.8, 4) is 11.5 Å². The van der Waals surface area contributed by atoms with Gasteiger partial charge in [-0.25, -0.2) is 0 Å². The normalized spacial score (nSPS) is 16.7. The van der Waals surface area contributed by atoms with Crippen LogP contribution >= 0.6 is 24.0 Å². The van der Waals surface area contributed by atoms with Gasteiger partial charge < -0.3 is 20.1 Å². The highest BCUT2D eigenvalue weighted by molar-refractivity contribution is 14.0. The third-order valence-corrected chi connectivity index (χ3v) is 4.90. The van der Waals surface area contributed by atoms with E-state index in [1.54, 1.807) is 14.2 Å². The fraction of sp³-hybridized carbons (Fsp3) is 0.650. The van der Waals surface area contributed by atoms with Gasteiger partial charge in [-0.3, -0.25) is 9.89 Å². The van der Waals surface area contributed by atoms with E-state index in [1.165, 1.54) is 32.2 Å². The van der Waals surface area contributed by atoms with Crippen molar-refractivity contribution in [2.75, 3.05) is 45.7 Å². The zero-order valence-electron chi connectivity index (χ0n) is 16.7. The van der Waals surface area contributed by atoms with Gasteiger partial charge in [0.15, 0.2) is 17.5 Å². The van der Waals surface area contributed by atoms with Crippen LogP contribution < -0.4 is 20.1 Å². The topological polar surface area (TPSA) is 58.1 Å². The number of methoxy groups -OCH3 is 2. The second kappa shape index (κ2) is 10.9. The van der Waals surface area contributed by atoms with E-state index in [2.05, 4.69) is 22.5 Å². The number of nitrogens with zero attached hydrogens (tertiary/aromatic N) is 2. The number of benzene rings is 1. The number of hydrogen-bond acceptors (Lipinski definition) is 4. The molecule has 0 saturated heterocycles. The average molecular weight is 488 g/mol. The van der Waals surface area contributed by atoms with Crippen LogP contribution in [0.2, 0.25) is 0 Å². The fourth-order valence-electron chi connectivity index (χ4n) is 3.14. The number of aliphatic imine (C=N–C) groups is 1. The predicted octanol–water partition coefficient (Wildman–Crippen LogP) is 3.57. The van der Waals surface area contributed by atoms with Crippen LogP contribution in [0.4, 0.5) is 5.69 Å². The number of halogens is 1. The van der Waals surface area contributed by atoms with Crippen LogP contribution in [-0.2, 0) is 0 Å². The Bertz CT molecular complexity index is 618. The predicted molar refractivity (Wildman–Crippen MR) is 122 cm³/mol. The molecule has 6 nitrogen and oxygen atoms in total. The minimum absolute atomic E-state index is 0. The van der Waals surface area contributed by atoms with Gasteiger partial charge in [0.1, 0.15) is 0 Å². The third-order valence-electron chi connectivity index (χ3n) is 4.90. The molecule has 2 aliphatic carbocycles. The summed E-state index contributed by atoms with van der Waals surface area (Å²) in [5, 5.41) is 6.68. The van der Waals surface area contributed by atoms with E-state index in [1.807, 2.05) is 18.2 Å². The lowest BCUT2D eigenvalue weighted by molar-refractivity contribution is 0.260. The van der Waals surface area contributed by atoms with E-state index in [0.29, 0.717) is 5.75 Å². The van der Waals surface area contributed by atoms with Gasteiger partial charge in [0.25, 0.3) is 0 Å². The largest absolute Gasteiger partial charge is 0.493 e. The monoisotopic (exact) mass is 488 g/mol. The SMILES string of the molecule is CCNC(=NCCN(CC1CC1)C1CC1)Nc1ccc(OC)c(OC)c1.I. The van der Waals surface area contributed by atoms with Crippen molar-refractivity contribution in [2.24, 2.45) is 10.9 Å². The highest BCUT2D eigenvalue weighted by atomic mass is 127. The standard InChI is InChI=1S/C20H32N4O2.HI/c1-4-21-20(23-16-7-10-18(25-2)19(13-16)26-3)22-11-12-24(17-8-9-17)14-15-5-6-15;/h7,10,13,15,17H,4-6,8-9,11-12,14H2,1-3H3,(H2,21,22,23);1H. The first-order valence-corrected chi connectivity index (χ1v) is 9.75. The number of ether oxygens (including phenoxy) is 2. The minimum atomic E-state index is 0. The first kappa shape index (κ1) is 22.1. The summed E-state index contributed by atoms with van der Waals surface area (Å²) in [4.78, 5) is 7.41. The van der Waals surface area contributed by atoms with Crippen LogP contribution in [0.5, 0.6) is 11.5 Å². The van der Waals surface area contributed by atoms with E-state index >= 15 is 0 Å². The first-order chi connectivity index (χ1) is 12.7. The van der Waals surface area contributed by atoms with Gasteiger partial charge in [0, 0.05) is 37.4 Å². The van der Waals surface area contributed by atoms with Crippen LogP contribution in [0.1, 0.15) is 32.6 Å². The molecule has 2 saturated carbocycles. The molecule has 0 radical (unpaired) electrons. The summed E-state index contributed by atoms with van der Waals surface area (Å²) in [6, 6.07) is 6.61. The summed E-state index contributed by atoms with van der Waals surface area (Å²) in [5.41, 5.74) is 0.930. The van der Waals surface area contributed by atoms with Gasteiger partial charge in [-0.2, -0.15) is 0 Å². The van der Waals surface area contributed by atoms with Crippen molar-refractivity contribution in [3.05, 3.63) is 18.2 Å². The number of nitrogens with one attached hydrogen (secondary N) is 2. The Hall–Kier alpha value is -1.22. The van der Waals surface area contributed by atoms with Gasteiger partial charge in [-0.15, -0.1) is 24.0 Å².